The molecule has 0 bridgehead atoms. The molecule has 7 nitrogen and oxygen atoms in total. The first-order valence-corrected chi connectivity index (χ1v) is 9.66. The lowest BCUT2D eigenvalue weighted by Crippen LogP contribution is -2.49. The average Bonchev–Trinajstić information content (AvgIpc) is 2.67. The van der Waals surface area contributed by atoms with E-state index in [0.717, 1.165) is 36.8 Å². The van der Waals surface area contributed by atoms with E-state index >= 15 is 0 Å². The van der Waals surface area contributed by atoms with Gasteiger partial charge in [0.05, 0.1) is 22.0 Å². The zero-order chi connectivity index (χ0) is 19.7. The molecule has 1 saturated heterocycles. The molecule has 8 heteroatoms. The van der Waals surface area contributed by atoms with Crippen LogP contribution in [0.25, 0.3) is 0 Å². The molecule has 1 aromatic rings. The summed E-state index contributed by atoms with van der Waals surface area (Å²) in [7, 11) is 0. The molecule has 1 atom stereocenters. The van der Waals surface area contributed by atoms with Crippen LogP contribution in [0.4, 0.5) is 5.82 Å². The Morgan fingerprint density at radius 3 is 2.96 bits per heavy atom. The summed E-state index contributed by atoms with van der Waals surface area (Å²) in [5.74, 6) is 0.670. The summed E-state index contributed by atoms with van der Waals surface area (Å²) in [4.78, 5) is 21.2. The van der Waals surface area contributed by atoms with Crippen LogP contribution in [-0.2, 0) is 0 Å². The fraction of sp³-hybridized carbons (Fsp3) is 0.300. The van der Waals surface area contributed by atoms with Gasteiger partial charge in [-0.25, -0.2) is 4.98 Å². The summed E-state index contributed by atoms with van der Waals surface area (Å²) in [5.41, 5.74) is 2.95. The highest BCUT2D eigenvalue weighted by Gasteiger charge is 2.21. The van der Waals surface area contributed by atoms with Crippen LogP contribution < -0.4 is 20.9 Å². The summed E-state index contributed by atoms with van der Waals surface area (Å²) < 4.78 is 0. The van der Waals surface area contributed by atoms with Crippen LogP contribution in [0, 0.1) is 0 Å². The molecule has 0 aromatic carbocycles. The van der Waals surface area contributed by atoms with Crippen molar-refractivity contribution in [1.29, 1.82) is 0 Å². The van der Waals surface area contributed by atoms with Crippen LogP contribution in [0.3, 0.4) is 0 Å². The van der Waals surface area contributed by atoms with E-state index in [9.17, 15) is 4.79 Å². The highest BCUT2D eigenvalue weighted by molar-refractivity contribution is 6.32. The minimum atomic E-state index is -0.219. The number of fused-ring (bicyclic) bond motifs is 1. The molecular weight excluding hydrogens is 376 g/mol. The molecular formula is C20H23ClN6O. The first-order valence-electron chi connectivity index (χ1n) is 9.28. The second-order valence-corrected chi connectivity index (χ2v) is 7.54. The van der Waals surface area contributed by atoms with E-state index in [4.69, 9.17) is 11.6 Å². The third-order valence-electron chi connectivity index (χ3n) is 4.81. The standard InChI is InChI=1S/C20H23ClN6O/c1-13-10-26(6-5-22-13)19-4-3-15(8-24-19)20(28)25-16-7-17(21)18-9-23-14(2)11-27(18)12-16/h3-4,7-9,11-13,22-23H,5-6,10H2,1-2H3,(H,25,28). The van der Waals surface area contributed by atoms with Crippen molar-refractivity contribution in [2.75, 3.05) is 24.5 Å². The Labute approximate surface area is 169 Å². The first-order chi connectivity index (χ1) is 13.5. The van der Waals surface area contributed by atoms with E-state index in [2.05, 4.69) is 32.8 Å². The van der Waals surface area contributed by atoms with Gasteiger partial charge in [0.15, 0.2) is 0 Å². The fourth-order valence-electron chi connectivity index (χ4n) is 3.39. The van der Waals surface area contributed by atoms with E-state index in [0.29, 0.717) is 22.3 Å². The van der Waals surface area contributed by atoms with Gasteiger partial charge >= 0.3 is 0 Å². The molecule has 28 heavy (non-hydrogen) atoms. The lowest BCUT2D eigenvalue weighted by molar-refractivity contribution is 0.0966. The fourth-order valence-corrected chi connectivity index (χ4v) is 3.66. The normalized spacial score (nSPS) is 21.6. The zero-order valence-electron chi connectivity index (χ0n) is 15.9. The van der Waals surface area contributed by atoms with Crippen LogP contribution in [0.2, 0.25) is 0 Å². The highest BCUT2D eigenvalue weighted by Crippen LogP contribution is 2.28. The van der Waals surface area contributed by atoms with E-state index in [1.54, 1.807) is 18.3 Å². The van der Waals surface area contributed by atoms with Crippen molar-refractivity contribution >= 4 is 23.3 Å². The van der Waals surface area contributed by atoms with Gasteiger partial charge in [-0.1, -0.05) is 11.6 Å². The van der Waals surface area contributed by atoms with Gasteiger partial charge in [-0.05, 0) is 32.1 Å². The molecule has 1 aromatic heterocycles. The van der Waals surface area contributed by atoms with Crippen LogP contribution in [-0.4, -0.2) is 41.5 Å². The Hall–Kier alpha value is -2.77. The molecule has 3 aliphatic heterocycles. The Balaban J connectivity index is 1.45. The number of allylic oxidation sites excluding steroid dienone is 3. The quantitative estimate of drug-likeness (QED) is 0.725. The second-order valence-electron chi connectivity index (χ2n) is 7.13. The Morgan fingerprint density at radius 2 is 2.21 bits per heavy atom. The topological polar surface area (TPSA) is 72.5 Å². The van der Waals surface area contributed by atoms with Gasteiger partial charge in [-0.2, -0.15) is 0 Å². The molecule has 1 fully saturated rings. The number of amides is 1. The van der Waals surface area contributed by atoms with E-state index in [1.807, 2.05) is 36.5 Å². The van der Waals surface area contributed by atoms with E-state index in [-0.39, 0.29) is 5.91 Å². The number of aromatic nitrogens is 1. The van der Waals surface area contributed by atoms with E-state index in [1.165, 1.54) is 0 Å². The minimum absolute atomic E-state index is 0.219. The SMILES string of the molecule is CC1=CN2C=C(NC(=O)c3ccc(N4CCNC(C)C4)nc3)C=C(Cl)C2=CN1. The predicted molar refractivity (Wildman–Crippen MR) is 110 cm³/mol. The van der Waals surface area contributed by atoms with Gasteiger partial charge in [0.25, 0.3) is 5.91 Å². The average molecular weight is 399 g/mol. The first kappa shape index (κ1) is 18.6. The number of hydrogen-bond donors (Lipinski definition) is 3. The molecule has 0 spiro atoms. The number of hydrogen-bond acceptors (Lipinski definition) is 6. The molecule has 0 radical (unpaired) electrons. The minimum Gasteiger partial charge on any atom is -0.362 e. The maximum absolute atomic E-state index is 12.6. The maximum Gasteiger partial charge on any atom is 0.257 e. The number of nitrogens with one attached hydrogen (secondary N) is 3. The molecule has 1 amide bonds. The van der Waals surface area contributed by atoms with Crippen LogP contribution in [0.1, 0.15) is 24.2 Å². The summed E-state index contributed by atoms with van der Waals surface area (Å²) in [6.45, 7) is 6.86. The number of piperazine rings is 1. The Bertz CT molecular complexity index is 902. The van der Waals surface area contributed by atoms with Gasteiger partial charge in [-0.15, -0.1) is 0 Å². The second kappa shape index (κ2) is 7.69. The molecule has 4 heterocycles. The molecule has 4 rings (SSSR count). The van der Waals surface area contributed by atoms with Crippen molar-refractivity contribution in [2.45, 2.75) is 19.9 Å². The van der Waals surface area contributed by atoms with Crippen molar-refractivity contribution in [1.82, 2.24) is 25.8 Å². The number of anilines is 1. The van der Waals surface area contributed by atoms with Crippen LogP contribution in [0.5, 0.6) is 0 Å². The summed E-state index contributed by atoms with van der Waals surface area (Å²) >= 11 is 6.35. The molecule has 3 N–H and O–H groups in total. The number of nitrogens with zero attached hydrogens (tertiary/aromatic N) is 3. The predicted octanol–water partition coefficient (Wildman–Crippen LogP) is 2.20. The Kier molecular flexibility index (Phi) is 5.11. The molecule has 3 aliphatic rings. The molecule has 146 valence electrons. The Morgan fingerprint density at radius 1 is 1.36 bits per heavy atom. The smallest absolute Gasteiger partial charge is 0.257 e. The number of carbonyl (C=O) groups is 1. The molecule has 0 aliphatic carbocycles. The number of rotatable bonds is 3. The largest absolute Gasteiger partial charge is 0.362 e. The maximum atomic E-state index is 12.6. The third-order valence-corrected chi connectivity index (χ3v) is 5.12. The van der Waals surface area contributed by atoms with Crippen molar-refractivity contribution in [3.8, 4) is 0 Å². The number of pyridine rings is 1. The van der Waals surface area contributed by atoms with Crippen LogP contribution >= 0.6 is 11.6 Å². The van der Waals surface area contributed by atoms with Gasteiger partial charge in [-0.3, -0.25) is 4.79 Å². The van der Waals surface area contributed by atoms with E-state index < -0.39 is 0 Å². The monoisotopic (exact) mass is 398 g/mol. The van der Waals surface area contributed by atoms with Gasteiger partial charge in [0.2, 0.25) is 0 Å². The molecule has 1 unspecified atom stereocenters. The van der Waals surface area contributed by atoms with Crippen molar-refractivity contribution in [2.24, 2.45) is 0 Å². The van der Waals surface area contributed by atoms with Gasteiger partial charge < -0.3 is 25.8 Å². The van der Waals surface area contributed by atoms with Crippen molar-refractivity contribution in [3.63, 3.8) is 0 Å². The summed E-state index contributed by atoms with van der Waals surface area (Å²) in [6.07, 6.45) is 8.95. The summed E-state index contributed by atoms with van der Waals surface area (Å²) in [6, 6.07) is 4.13. The highest BCUT2D eigenvalue weighted by atomic mass is 35.5. The van der Waals surface area contributed by atoms with Crippen LogP contribution in [0.15, 0.2) is 65.1 Å². The lowest BCUT2D eigenvalue weighted by Gasteiger charge is -2.32. The van der Waals surface area contributed by atoms with Gasteiger partial charge in [0.1, 0.15) is 5.82 Å². The zero-order valence-corrected chi connectivity index (χ0v) is 16.6. The van der Waals surface area contributed by atoms with Crippen molar-refractivity contribution < 1.29 is 4.79 Å². The number of halogens is 1. The number of carbonyl (C=O) groups excluding carboxylic acids is 1. The summed E-state index contributed by atoms with van der Waals surface area (Å²) in [5, 5.41) is 9.99. The molecule has 0 saturated carbocycles. The third kappa shape index (κ3) is 3.90. The van der Waals surface area contributed by atoms with Crippen molar-refractivity contribution in [3.05, 3.63) is 70.7 Å². The van der Waals surface area contributed by atoms with Gasteiger partial charge in [0, 0.05) is 56.2 Å². The lowest BCUT2D eigenvalue weighted by atomic mass is 10.2.